The molecule has 0 atom stereocenters. The van der Waals surface area contributed by atoms with E-state index in [0.717, 1.165) is 18.6 Å². The van der Waals surface area contributed by atoms with Gasteiger partial charge in [0, 0.05) is 17.6 Å². The molecule has 0 aliphatic rings. The zero-order chi connectivity index (χ0) is 14.7. The van der Waals surface area contributed by atoms with Crippen LogP contribution in [-0.4, -0.2) is 12.8 Å². The third kappa shape index (κ3) is 2.68. The van der Waals surface area contributed by atoms with Crippen molar-refractivity contribution in [2.45, 2.75) is 13.5 Å². The number of hydrogen-bond donors (Lipinski definition) is 0. The zero-order valence-electron chi connectivity index (χ0n) is 12.0. The molecule has 0 saturated heterocycles. The van der Waals surface area contributed by atoms with Crippen molar-refractivity contribution >= 4 is 22.7 Å². The standard InChI is InChI=1S/C18H17NO2/c1-2-19(12-15-10-11-16(13-20)21-15)18-9-5-7-14-6-3-4-8-17(14)18/h3-11,13H,2,12H2,1H3. The van der Waals surface area contributed by atoms with E-state index in [1.165, 1.54) is 16.5 Å². The van der Waals surface area contributed by atoms with Crippen molar-refractivity contribution in [2.24, 2.45) is 0 Å². The number of carbonyl (C=O) groups excluding carboxylic acids is 1. The Hall–Kier alpha value is -2.55. The highest BCUT2D eigenvalue weighted by Gasteiger charge is 2.11. The van der Waals surface area contributed by atoms with Gasteiger partial charge in [0.1, 0.15) is 5.76 Å². The first kappa shape index (κ1) is 13.4. The lowest BCUT2D eigenvalue weighted by molar-refractivity contribution is 0.109. The third-order valence-corrected chi connectivity index (χ3v) is 3.63. The summed E-state index contributed by atoms with van der Waals surface area (Å²) in [6.45, 7) is 3.63. The highest BCUT2D eigenvalue weighted by molar-refractivity contribution is 5.94. The van der Waals surface area contributed by atoms with Crippen LogP contribution < -0.4 is 4.90 Å². The summed E-state index contributed by atoms with van der Waals surface area (Å²) in [5, 5.41) is 2.45. The maximum Gasteiger partial charge on any atom is 0.185 e. The number of hydrogen-bond acceptors (Lipinski definition) is 3. The van der Waals surface area contributed by atoms with Crippen LogP contribution in [0, 0.1) is 0 Å². The van der Waals surface area contributed by atoms with Gasteiger partial charge in [-0.15, -0.1) is 0 Å². The molecule has 1 heterocycles. The summed E-state index contributed by atoms with van der Waals surface area (Å²) in [6.07, 6.45) is 0.734. The van der Waals surface area contributed by atoms with Gasteiger partial charge < -0.3 is 9.32 Å². The third-order valence-electron chi connectivity index (χ3n) is 3.63. The van der Waals surface area contributed by atoms with Gasteiger partial charge in [-0.2, -0.15) is 0 Å². The number of anilines is 1. The molecule has 2 aromatic carbocycles. The Balaban J connectivity index is 1.96. The highest BCUT2D eigenvalue weighted by atomic mass is 16.3. The van der Waals surface area contributed by atoms with Gasteiger partial charge in [0.15, 0.2) is 12.0 Å². The second-order valence-electron chi connectivity index (χ2n) is 4.93. The van der Waals surface area contributed by atoms with Gasteiger partial charge in [0.2, 0.25) is 0 Å². The van der Waals surface area contributed by atoms with Gasteiger partial charge >= 0.3 is 0 Å². The van der Waals surface area contributed by atoms with Gasteiger partial charge in [0.05, 0.1) is 6.54 Å². The van der Waals surface area contributed by atoms with Crippen LogP contribution in [0.15, 0.2) is 59.0 Å². The van der Waals surface area contributed by atoms with E-state index in [0.29, 0.717) is 12.3 Å². The molecule has 3 nitrogen and oxygen atoms in total. The van der Waals surface area contributed by atoms with E-state index in [-0.39, 0.29) is 0 Å². The minimum Gasteiger partial charge on any atom is -0.456 e. The van der Waals surface area contributed by atoms with E-state index in [1.807, 2.05) is 12.1 Å². The number of rotatable bonds is 5. The molecule has 0 unspecified atom stereocenters. The molecule has 0 spiro atoms. The van der Waals surface area contributed by atoms with Crippen molar-refractivity contribution in [3.63, 3.8) is 0 Å². The van der Waals surface area contributed by atoms with Gasteiger partial charge in [-0.1, -0.05) is 36.4 Å². The first-order valence-corrected chi connectivity index (χ1v) is 7.08. The molecule has 3 aromatic rings. The summed E-state index contributed by atoms with van der Waals surface area (Å²) >= 11 is 0. The smallest absolute Gasteiger partial charge is 0.185 e. The Morgan fingerprint density at radius 1 is 1.05 bits per heavy atom. The number of nitrogens with zero attached hydrogens (tertiary/aromatic N) is 1. The summed E-state index contributed by atoms with van der Waals surface area (Å²) in [5.74, 6) is 1.17. The average Bonchev–Trinajstić information content (AvgIpc) is 3.00. The van der Waals surface area contributed by atoms with E-state index in [1.54, 1.807) is 6.07 Å². The lowest BCUT2D eigenvalue weighted by Gasteiger charge is -2.23. The number of fused-ring (bicyclic) bond motifs is 1. The molecule has 0 bridgehead atoms. The van der Waals surface area contributed by atoms with Crippen LogP contribution in [0.1, 0.15) is 23.2 Å². The van der Waals surface area contributed by atoms with E-state index in [2.05, 4.69) is 48.2 Å². The molecule has 3 rings (SSSR count). The van der Waals surface area contributed by atoms with E-state index < -0.39 is 0 Å². The Morgan fingerprint density at radius 2 is 1.86 bits per heavy atom. The molecule has 0 fully saturated rings. The maximum atomic E-state index is 10.7. The summed E-state index contributed by atoms with van der Waals surface area (Å²) in [7, 11) is 0. The van der Waals surface area contributed by atoms with Crippen LogP contribution in [0.3, 0.4) is 0 Å². The summed E-state index contributed by atoms with van der Waals surface area (Å²) in [4.78, 5) is 13.0. The first-order chi connectivity index (χ1) is 10.3. The Labute approximate surface area is 123 Å². The summed E-state index contributed by atoms with van der Waals surface area (Å²) in [5.41, 5.74) is 1.18. The molecule has 0 N–H and O–H groups in total. The fraction of sp³-hybridized carbons (Fsp3) is 0.167. The largest absolute Gasteiger partial charge is 0.456 e. The van der Waals surface area contributed by atoms with Crippen molar-refractivity contribution < 1.29 is 9.21 Å². The summed E-state index contributed by atoms with van der Waals surface area (Å²) in [6, 6.07) is 18.2. The predicted octanol–water partition coefficient (Wildman–Crippen LogP) is 4.27. The van der Waals surface area contributed by atoms with Crippen molar-refractivity contribution in [3.05, 3.63) is 66.1 Å². The minimum absolute atomic E-state index is 0.374. The van der Waals surface area contributed by atoms with Gasteiger partial charge in [-0.3, -0.25) is 4.79 Å². The zero-order valence-corrected chi connectivity index (χ0v) is 12.0. The number of benzene rings is 2. The molecule has 21 heavy (non-hydrogen) atoms. The van der Waals surface area contributed by atoms with E-state index in [4.69, 9.17) is 4.42 Å². The average molecular weight is 279 g/mol. The van der Waals surface area contributed by atoms with Crippen molar-refractivity contribution in [2.75, 3.05) is 11.4 Å². The minimum atomic E-state index is 0.374. The quantitative estimate of drug-likeness (QED) is 0.654. The predicted molar refractivity (Wildman–Crippen MR) is 84.8 cm³/mol. The second-order valence-corrected chi connectivity index (χ2v) is 4.93. The van der Waals surface area contributed by atoms with Crippen molar-refractivity contribution in [1.29, 1.82) is 0 Å². The van der Waals surface area contributed by atoms with Gasteiger partial charge in [0.25, 0.3) is 0 Å². The molecule has 0 radical (unpaired) electrons. The number of furan rings is 1. The lowest BCUT2D eigenvalue weighted by Crippen LogP contribution is -2.21. The molecule has 0 aliphatic heterocycles. The lowest BCUT2D eigenvalue weighted by atomic mass is 10.1. The molecule has 106 valence electrons. The normalized spacial score (nSPS) is 10.7. The van der Waals surface area contributed by atoms with Crippen LogP contribution in [-0.2, 0) is 6.54 Å². The molecule has 0 amide bonds. The molecule has 0 aliphatic carbocycles. The van der Waals surface area contributed by atoms with Crippen LogP contribution in [0.4, 0.5) is 5.69 Å². The molecular weight excluding hydrogens is 262 g/mol. The van der Waals surface area contributed by atoms with Crippen LogP contribution in [0.25, 0.3) is 10.8 Å². The fourth-order valence-corrected chi connectivity index (χ4v) is 2.58. The number of aldehydes is 1. The SMILES string of the molecule is CCN(Cc1ccc(C=O)o1)c1cccc2ccccc12. The number of carbonyl (C=O) groups is 1. The maximum absolute atomic E-state index is 10.7. The van der Waals surface area contributed by atoms with Crippen LogP contribution in [0.2, 0.25) is 0 Å². The Bertz CT molecular complexity index is 755. The molecule has 1 aromatic heterocycles. The molecule has 3 heteroatoms. The van der Waals surface area contributed by atoms with E-state index >= 15 is 0 Å². The van der Waals surface area contributed by atoms with Crippen molar-refractivity contribution in [3.8, 4) is 0 Å². The Morgan fingerprint density at radius 3 is 2.62 bits per heavy atom. The highest BCUT2D eigenvalue weighted by Crippen LogP contribution is 2.27. The fourth-order valence-electron chi connectivity index (χ4n) is 2.58. The van der Waals surface area contributed by atoms with Crippen LogP contribution in [0.5, 0.6) is 0 Å². The molecular formula is C18H17NO2. The van der Waals surface area contributed by atoms with Crippen molar-refractivity contribution in [1.82, 2.24) is 0 Å². The summed E-state index contributed by atoms with van der Waals surface area (Å²) < 4.78 is 5.49. The van der Waals surface area contributed by atoms with Crippen LogP contribution >= 0.6 is 0 Å². The van der Waals surface area contributed by atoms with Gasteiger partial charge in [-0.05, 0) is 30.5 Å². The Kier molecular flexibility index (Phi) is 3.73. The monoisotopic (exact) mass is 279 g/mol. The topological polar surface area (TPSA) is 33.5 Å². The first-order valence-electron chi connectivity index (χ1n) is 7.08. The molecule has 0 saturated carbocycles. The second kappa shape index (κ2) is 5.83. The van der Waals surface area contributed by atoms with Gasteiger partial charge in [-0.25, -0.2) is 0 Å². The van der Waals surface area contributed by atoms with E-state index in [9.17, 15) is 4.79 Å².